The average Bonchev–Trinajstić information content (AvgIpc) is 3.23. The first kappa shape index (κ1) is 13.6. The summed E-state index contributed by atoms with van der Waals surface area (Å²) in [6.45, 7) is 1.89. The van der Waals surface area contributed by atoms with Gasteiger partial charge in [0.15, 0.2) is 5.52 Å². The van der Waals surface area contributed by atoms with Crippen LogP contribution in [0.25, 0.3) is 11.2 Å². The topological polar surface area (TPSA) is 115 Å². The molecule has 114 valence electrons. The average molecular weight is 306 g/mol. The van der Waals surface area contributed by atoms with Gasteiger partial charge in [-0.2, -0.15) is 5.26 Å². The van der Waals surface area contributed by atoms with Gasteiger partial charge >= 0.3 is 0 Å². The Morgan fingerprint density at radius 2 is 2.17 bits per heavy atom. The first-order valence-electron chi connectivity index (χ1n) is 7.37. The largest absolute Gasteiger partial charge is 0.396 e. The van der Waals surface area contributed by atoms with Crippen molar-refractivity contribution in [2.75, 3.05) is 5.73 Å². The molecule has 23 heavy (non-hydrogen) atoms. The lowest BCUT2D eigenvalue weighted by Crippen LogP contribution is -2.07. The summed E-state index contributed by atoms with van der Waals surface area (Å²) >= 11 is 0. The highest BCUT2D eigenvalue weighted by Crippen LogP contribution is 2.46. The van der Waals surface area contributed by atoms with E-state index in [-0.39, 0.29) is 5.41 Å². The number of pyridine rings is 2. The van der Waals surface area contributed by atoms with Gasteiger partial charge < -0.3 is 5.73 Å². The van der Waals surface area contributed by atoms with Crippen molar-refractivity contribution in [1.82, 2.24) is 20.3 Å². The molecular formula is C16H14N6O. The van der Waals surface area contributed by atoms with E-state index in [1.807, 2.05) is 19.1 Å². The number of anilines is 1. The molecule has 0 radical (unpaired) electrons. The summed E-state index contributed by atoms with van der Waals surface area (Å²) in [5, 5.41) is 16.8. The molecule has 0 aliphatic heterocycles. The lowest BCUT2D eigenvalue weighted by Gasteiger charge is -2.10. The van der Waals surface area contributed by atoms with E-state index >= 15 is 0 Å². The van der Waals surface area contributed by atoms with E-state index in [0.29, 0.717) is 23.3 Å². The van der Waals surface area contributed by atoms with Gasteiger partial charge in [-0.25, -0.2) is 9.61 Å². The first-order valence-corrected chi connectivity index (χ1v) is 7.37. The molecule has 7 nitrogen and oxygen atoms in total. The molecule has 0 aromatic carbocycles. The van der Waals surface area contributed by atoms with E-state index in [1.165, 1.54) is 0 Å². The Balaban J connectivity index is 1.67. The van der Waals surface area contributed by atoms with Gasteiger partial charge in [-0.1, -0.05) is 6.07 Å². The fraction of sp³-hybridized carbons (Fsp3) is 0.312. The van der Waals surface area contributed by atoms with Crippen LogP contribution < -0.4 is 5.73 Å². The van der Waals surface area contributed by atoms with E-state index in [9.17, 15) is 5.26 Å². The molecule has 1 saturated carbocycles. The molecule has 3 aromatic heterocycles. The SMILES string of the molecule is Cc1nc2nonc2c(N)c1Cc1ccc(C2(C#N)CC2)nc1. The Morgan fingerprint density at radius 1 is 1.35 bits per heavy atom. The predicted molar refractivity (Wildman–Crippen MR) is 82.3 cm³/mol. The van der Waals surface area contributed by atoms with Crippen LogP contribution in [0.1, 0.15) is 35.4 Å². The van der Waals surface area contributed by atoms with Crippen LogP contribution in [0.3, 0.4) is 0 Å². The van der Waals surface area contributed by atoms with Crippen LogP contribution in [0, 0.1) is 18.3 Å². The number of aryl methyl sites for hydroxylation is 1. The Labute approximate surface area is 132 Å². The normalized spacial score (nSPS) is 15.5. The number of fused-ring (bicyclic) bond motifs is 1. The number of aromatic nitrogens is 4. The molecule has 0 atom stereocenters. The Hall–Kier alpha value is -3.01. The fourth-order valence-electron chi connectivity index (χ4n) is 2.78. The number of hydrogen-bond donors (Lipinski definition) is 1. The summed E-state index contributed by atoms with van der Waals surface area (Å²) in [6.07, 6.45) is 4.18. The van der Waals surface area contributed by atoms with E-state index in [2.05, 4.69) is 26.4 Å². The molecule has 3 heterocycles. The molecule has 1 aliphatic carbocycles. The second-order valence-corrected chi connectivity index (χ2v) is 5.95. The molecule has 2 N–H and O–H groups in total. The zero-order valence-corrected chi connectivity index (χ0v) is 12.6. The Bertz CT molecular complexity index is 934. The minimum Gasteiger partial charge on any atom is -0.396 e. The van der Waals surface area contributed by atoms with E-state index < -0.39 is 0 Å². The quantitative estimate of drug-likeness (QED) is 0.787. The minimum atomic E-state index is -0.361. The van der Waals surface area contributed by atoms with Gasteiger partial charge in [0.1, 0.15) is 0 Å². The number of nitrogen functional groups attached to an aromatic ring is 1. The van der Waals surface area contributed by atoms with Crippen molar-refractivity contribution >= 4 is 16.9 Å². The summed E-state index contributed by atoms with van der Waals surface area (Å²) in [4.78, 5) is 8.82. The lowest BCUT2D eigenvalue weighted by atomic mass is 10.00. The minimum absolute atomic E-state index is 0.361. The summed E-state index contributed by atoms with van der Waals surface area (Å²) in [7, 11) is 0. The van der Waals surface area contributed by atoms with Crippen molar-refractivity contribution < 1.29 is 4.63 Å². The molecule has 3 aromatic rings. The van der Waals surface area contributed by atoms with Gasteiger partial charge in [0.25, 0.3) is 0 Å². The summed E-state index contributed by atoms with van der Waals surface area (Å²) in [6, 6.07) is 6.28. The maximum atomic E-state index is 9.23. The smallest absolute Gasteiger partial charge is 0.226 e. The first-order chi connectivity index (χ1) is 11.1. The van der Waals surface area contributed by atoms with Crippen LogP contribution >= 0.6 is 0 Å². The number of hydrogen-bond acceptors (Lipinski definition) is 7. The van der Waals surface area contributed by atoms with E-state index in [1.54, 1.807) is 6.20 Å². The predicted octanol–water partition coefficient (Wildman–Crippen LogP) is 2.05. The lowest BCUT2D eigenvalue weighted by molar-refractivity contribution is 0.315. The van der Waals surface area contributed by atoms with Crippen molar-refractivity contribution in [3.05, 3.63) is 40.8 Å². The van der Waals surface area contributed by atoms with E-state index in [4.69, 9.17) is 10.4 Å². The second kappa shape index (κ2) is 4.74. The third kappa shape index (κ3) is 2.11. The van der Waals surface area contributed by atoms with Gasteiger partial charge in [-0.3, -0.25) is 4.98 Å². The van der Waals surface area contributed by atoms with Crippen LogP contribution in [-0.2, 0) is 11.8 Å². The molecule has 4 rings (SSSR count). The summed E-state index contributed by atoms with van der Waals surface area (Å²) in [5.41, 5.74) is 10.8. The second-order valence-electron chi connectivity index (χ2n) is 5.95. The molecule has 7 heteroatoms. The van der Waals surface area contributed by atoms with Crippen LogP contribution in [0.5, 0.6) is 0 Å². The van der Waals surface area contributed by atoms with Crippen LogP contribution in [-0.4, -0.2) is 20.3 Å². The monoisotopic (exact) mass is 306 g/mol. The van der Waals surface area contributed by atoms with Crippen molar-refractivity contribution in [1.29, 1.82) is 5.26 Å². The molecule has 0 amide bonds. The Kier molecular flexibility index (Phi) is 2.81. The van der Waals surface area contributed by atoms with Crippen LogP contribution in [0.2, 0.25) is 0 Å². The number of nitrogens with zero attached hydrogens (tertiary/aromatic N) is 5. The maximum Gasteiger partial charge on any atom is 0.226 e. The van der Waals surface area contributed by atoms with Crippen molar-refractivity contribution in [3.63, 3.8) is 0 Å². The fourth-order valence-corrected chi connectivity index (χ4v) is 2.78. The number of nitriles is 1. The van der Waals surface area contributed by atoms with Gasteiger partial charge in [-0.05, 0) is 41.7 Å². The zero-order valence-electron chi connectivity index (χ0n) is 12.6. The summed E-state index contributed by atoms with van der Waals surface area (Å²) < 4.78 is 4.69. The van der Waals surface area contributed by atoms with Gasteiger partial charge in [-0.15, -0.1) is 0 Å². The molecule has 0 spiro atoms. The van der Waals surface area contributed by atoms with Gasteiger partial charge in [0.2, 0.25) is 5.65 Å². The summed E-state index contributed by atoms with van der Waals surface area (Å²) in [5.74, 6) is 0. The van der Waals surface area contributed by atoms with Gasteiger partial charge in [0.05, 0.1) is 22.9 Å². The molecule has 1 fully saturated rings. The molecule has 0 bridgehead atoms. The molecular weight excluding hydrogens is 292 g/mol. The van der Waals surface area contributed by atoms with Crippen molar-refractivity contribution in [2.24, 2.45) is 0 Å². The van der Waals surface area contributed by atoms with Crippen LogP contribution in [0.4, 0.5) is 5.69 Å². The highest BCUT2D eigenvalue weighted by Gasteiger charge is 2.46. The standard InChI is InChI=1S/C16H14N6O/c1-9-11(13(18)14-15(20-9)22-23-21-14)6-10-2-3-12(19-7-10)16(8-17)4-5-16/h2-3,7H,4-6,18H2,1H3. The van der Waals surface area contributed by atoms with Crippen LogP contribution in [0.15, 0.2) is 23.0 Å². The van der Waals surface area contributed by atoms with Crippen molar-refractivity contribution in [3.8, 4) is 6.07 Å². The maximum absolute atomic E-state index is 9.23. The van der Waals surface area contributed by atoms with Gasteiger partial charge in [0, 0.05) is 23.9 Å². The molecule has 0 unspecified atom stereocenters. The van der Waals surface area contributed by atoms with E-state index in [0.717, 1.165) is 35.4 Å². The Morgan fingerprint density at radius 3 is 2.83 bits per heavy atom. The zero-order chi connectivity index (χ0) is 16.0. The number of nitrogens with two attached hydrogens (primary N) is 1. The highest BCUT2D eigenvalue weighted by molar-refractivity contribution is 5.85. The third-order valence-electron chi connectivity index (χ3n) is 4.42. The number of rotatable bonds is 3. The molecule has 0 saturated heterocycles. The third-order valence-corrected chi connectivity index (χ3v) is 4.42. The van der Waals surface area contributed by atoms with Crippen molar-refractivity contribution in [2.45, 2.75) is 31.6 Å². The highest BCUT2D eigenvalue weighted by atomic mass is 16.6. The molecule has 1 aliphatic rings.